The lowest BCUT2D eigenvalue weighted by atomic mass is 9.82. The molecule has 0 N–H and O–H groups in total. The molecule has 256 valence electrons. The minimum atomic E-state index is -4.69. The third kappa shape index (κ3) is 7.07. The number of aromatic nitrogens is 4. The number of ether oxygens (including phenoxy) is 1. The van der Waals surface area contributed by atoms with Crippen molar-refractivity contribution in [2.45, 2.75) is 82.2 Å². The predicted octanol–water partition coefficient (Wildman–Crippen LogP) is 7.17. The van der Waals surface area contributed by atoms with E-state index in [9.17, 15) is 13.2 Å². The average Bonchev–Trinajstić information content (AvgIpc) is 3.69. The smallest absolute Gasteiger partial charge is 0.453 e. The number of benzene rings is 3. The highest BCUT2D eigenvalue weighted by Gasteiger charge is 2.48. The van der Waals surface area contributed by atoms with Gasteiger partial charge < -0.3 is 9.16 Å². The summed E-state index contributed by atoms with van der Waals surface area (Å²) in [6.07, 6.45) is -3.64. The Hall–Kier alpha value is -3.58. The second kappa shape index (κ2) is 13.4. The van der Waals surface area contributed by atoms with Crippen LogP contribution < -0.4 is 4.74 Å². The molecule has 2 aliphatic rings. The first-order valence-electron chi connectivity index (χ1n) is 16.5. The first-order valence-corrected chi connectivity index (χ1v) is 19.4. The van der Waals surface area contributed by atoms with Gasteiger partial charge in [0.25, 0.3) is 5.82 Å². The first kappa shape index (κ1) is 34.3. The van der Waals surface area contributed by atoms with Gasteiger partial charge >= 0.3 is 6.18 Å². The van der Waals surface area contributed by atoms with Crippen molar-refractivity contribution in [3.05, 3.63) is 101 Å². The summed E-state index contributed by atoms with van der Waals surface area (Å²) in [5.74, 6) is -0.458. The van der Waals surface area contributed by atoms with Crippen LogP contribution in [0.1, 0.15) is 55.6 Å². The molecule has 2 fully saturated rings. The van der Waals surface area contributed by atoms with E-state index >= 15 is 0 Å². The van der Waals surface area contributed by atoms with E-state index < -0.39 is 20.3 Å². The lowest BCUT2D eigenvalue weighted by Crippen LogP contribution is -2.58. The fourth-order valence-electron chi connectivity index (χ4n) is 7.09. The molecule has 12 heteroatoms. The summed E-state index contributed by atoms with van der Waals surface area (Å²) in [5, 5.41) is 10.3. The number of fused-ring (bicyclic) bond motifs is 1. The van der Waals surface area contributed by atoms with Crippen LogP contribution in [0.15, 0.2) is 78.9 Å². The average molecular weight is 679 g/mol. The van der Waals surface area contributed by atoms with Crippen molar-refractivity contribution in [1.29, 1.82) is 0 Å². The Labute approximate surface area is 282 Å². The Morgan fingerprint density at radius 1 is 0.896 bits per heavy atom. The Morgan fingerprint density at radius 2 is 1.54 bits per heavy atom. The van der Waals surface area contributed by atoms with E-state index in [-0.39, 0.29) is 34.8 Å². The van der Waals surface area contributed by atoms with E-state index in [1.807, 2.05) is 0 Å². The van der Waals surface area contributed by atoms with Crippen LogP contribution >= 0.6 is 0 Å². The van der Waals surface area contributed by atoms with Crippen molar-refractivity contribution in [3.63, 3.8) is 0 Å². The first-order chi connectivity index (χ1) is 22.7. The summed E-state index contributed by atoms with van der Waals surface area (Å²) >= 11 is 0. The zero-order chi connectivity index (χ0) is 34.3. The molecule has 2 saturated heterocycles. The Bertz CT molecular complexity index is 1640. The molecule has 0 aliphatic carbocycles. The minimum absolute atomic E-state index is 0.102. The van der Waals surface area contributed by atoms with E-state index in [4.69, 9.17) is 9.16 Å². The second-order valence-corrected chi connectivity index (χ2v) is 19.3. The lowest BCUT2D eigenvalue weighted by molar-refractivity contribution is -0.146. The van der Waals surface area contributed by atoms with Gasteiger partial charge in [-0.05, 0) is 64.3 Å². The molecule has 3 aromatic carbocycles. The number of methoxy groups -OCH3 is 1. The molecule has 0 amide bonds. The molecule has 6 rings (SSSR count). The molecule has 0 spiro atoms. The minimum Gasteiger partial charge on any atom is -0.496 e. The third-order valence-corrected chi connectivity index (χ3v) is 14.9. The maximum Gasteiger partial charge on any atom is 0.453 e. The number of hydrogen-bond acceptors (Lipinski definition) is 7. The quantitative estimate of drug-likeness (QED) is 0.174. The van der Waals surface area contributed by atoms with Gasteiger partial charge in [-0.3, -0.25) is 9.80 Å². The van der Waals surface area contributed by atoms with Crippen molar-refractivity contribution >= 4 is 8.32 Å². The maximum atomic E-state index is 13.7. The molecular formula is C36H45F3N6O2Si. The summed E-state index contributed by atoms with van der Waals surface area (Å²) in [5.41, 5.74) is 3.50. The van der Waals surface area contributed by atoms with Crippen molar-refractivity contribution in [2.75, 3.05) is 26.7 Å². The number of nitrogens with zero attached hydrogens (tertiary/aromatic N) is 6. The Balaban J connectivity index is 1.36. The van der Waals surface area contributed by atoms with Crippen LogP contribution in [-0.4, -0.2) is 83.3 Å². The molecule has 48 heavy (non-hydrogen) atoms. The van der Waals surface area contributed by atoms with Crippen molar-refractivity contribution < 1.29 is 22.3 Å². The van der Waals surface area contributed by atoms with E-state index in [2.05, 4.69) is 120 Å². The number of piperazine rings is 1. The van der Waals surface area contributed by atoms with Gasteiger partial charge in [0, 0.05) is 49.7 Å². The maximum absolute atomic E-state index is 13.7. The van der Waals surface area contributed by atoms with Gasteiger partial charge in [-0.25, -0.2) is 0 Å². The van der Waals surface area contributed by atoms with Gasteiger partial charge in [-0.1, -0.05) is 81.4 Å². The van der Waals surface area contributed by atoms with Crippen LogP contribution in [-0.2, 0) is 17.1 Å². The highest BCUT2D eigenvalue weighted by molar-refractivity contribution is 6.74. The van der Waals surface area contributed by atoms with Crippen LogP contribution in [0.3, 0.4) is 0 Å². The molecule has 3 atom stereocenters. The SMILES string of the molecule is COc1ccc(-n2nnnc2C(F)(F)F)cc1CN1CC(C(c2ccccc2)c2ccccc2)N2CC(O[Si](C)(C)C(C)(C)C)C[C@H]2C1. The molecule has 2 unspecified atom stereocenters. The summed E-state index contributed by atoms with van der Waals surface area (Å²) in [7, 11) is -0.427. The molecule has 0 bridgehead atoms. The molecule has 1 aromatic heterocycles. The van der Waals surface area contributed by atoms with E-state index in [1.165, 1.54) is 11.1 Å². The van der Waals surface area contributed by atoms with Crippen molar-refractivity contribution in [2.24, 2.45) is 0 Å². The zero-order valence-electron chi connectivity index (χ0n) is 28.5. The van der Waals surface area contributed by atoms with Crippen LogP contribution in [0, 0.1) is 0 Å². The highest BCUT2D eigenvalue weighted by Crippen LogP contribution is 2.42. The Morgan fingerprint density at radius 3 is 2.12 bits per heavy atom. The van der Waals surface area contributed by atoms with E-state index in [1.54, 1.807) is 25.3 Å². The molecule has 0 radical (unpaired) electrons. The second-order valence-electron chi connectivity index (χ2n) is 14.6. The van der Waals surface area contributed by atoms with Crippen molar-refractivity contribution in [3.8, 4) is 11.4 Å². The lowest BCUT2D eigenvalue weighted by Gasteiger charge is -2.47. The third-order valence-electron chi connectivity index (χ3n) is 10.4. The Kier molecular flexibility index (Phi) is 9.56. The summed E-state index contributed by atoms with van der Waals surface area (Å²) < 4.78 is 54.6. The monoisotopic (exact) mass is 678 g/mol. The predicted molar refractivity (Wildman–Crippen MR) is 182 cm³/mol. The van der Waals surface area contributed by atoms with E-state index in [0.29, 0.717) is 12.3 Å². The number of rotatable bonds is 9. The highest BCUT2D eigenvalue weighted by atomic mass is 28.4. The van der Waals surface area contributed by atoms with Gasteiger partial charge in [0.15, 0.2) is 8.32 Å². The van der Waals surface area contributed by atoms with Gasteiger partial charge in [-0.15, -0.1) is 5.10 Å². The molecular weight excluding hydrogens is 634 g/mol. The van der Waals surface area contributed by atoms with Crippen molar-refractivity contribution in [1.82, 2.24) is 30.0 Å². The van der Waals surface area contributed by atoms with Gasteiger partial charge in [0.05, 0.1) is 18.9 Å². The fraction of sp³-hybridized carbons (Fsp3) is 0.472. The number of hydrogen-bond donors (Lipinski definition) is 0. The normalized spacial score (nSPS) is 21.1. The largest absolute Gasteiger partial charge is 0.496 e. The number of halogens is 3. The topological polar surface area (TPSA) is 68.5 Å². The van der Waals surface area contributed by atoms with Gasteiger partial charge in [-0.2, -0.15) is 17.9 Å². The van der Waals surface area contributed by atoms with Gasteiger partial charge in [0.2, 0.25) is 0 Å². The standard InChI is InChI=1S/C36H45F3N6O2Si/c1-35(2,3)48(5,6)47-30-20-29-22-43(21-27-19-28(17-18-32(27)46-4)45-34(36(37,38)39)40-41-42-45)24-31(44(29)23-30)33(25-13-9-7-10-14-25)26-15-11-8-12-16-26/h7-19,29-31,33H,20-24H2,1-6H3/t29-,30?,31?/m0/s1. The molecule has 4 aromatic rings. The summed E-state index contributed by atoms with van der Waals surface area (Å²) in [6.45, 7) is 14.4. The molecule has 3 heterocycles. The van der Waals surface area contributed by atoms with Crippen LogP contribution in [0.5, 0.6) is 5.75 Å². The number of tetrazole rings is 1. The van der Waals surface area contributed by atoms with Crippen LogP contribution in [0.2, 0.25) is 18.1 Å². The molecule has 0 saturated carbocycles. The van der Waals surface area contributed by atoms with Crippen LogP contribution in [0.4, 0.5) is 13.2 Å². The summed E-state index contributed by atoms with van der Waals surface area (Å²) in [6, 6.07) is 26.7. The van der Waals surface area contributed by atoms with Gasteiger partial charge in [0.1, 0.15) is 5.75 Å². The number of alkyl halides is 3. The summed E-state index contributed by atoms with van der Waals surface area (Å²) in [4.78, 5) is 5.09. The molecule has 8 nitrogen and oxygen atoms in total. The zero-order valence-corrected chi connectivity index (χ0v) is 29.5. The molecule has 2 aliphatic heterocycles. The van der Waals surface area contributed by atoms with Crippen LogP contribution in [0.25, 0.3) is 5.69 Å². The fourth-order valence-corrected chi connectivity index (χ4v) is 8.44. The van der Waals surface area contributed by atoms with E-state index in [0.717, 1.165) is 36.3 Å².